The Labute approximate surface area is 78.2 Å². The molecule has 0 aliphatic carbocycles. The zero-order valence-corrected chi connectivity index (χ0v) is 7.97. The lowest BCUT2D eigenvalue weighted by molar-refractivity contribution is 0.640. The predicted octanol–water partition coefficient (Wildman–Crippen LogP) is 1.26. The molecule has 0 spiro atoms. The number of hydrogen-bond donors (Lipinski definition) is 2. The van der Waals surface area contributed by atoms with Gasteiger partial charge in [0.25, 0.3) is 0 Å². The van der Waals surface area contributed by atoms with Crippen molar-refractivity contribution in [3.8, 4) is 0 Å². The first-order chi connectivity index (χ1) is 6.33. The summed E-state index contributed by atoms with van der Waals surface area (Å²) in [6.07, 6.45) is 4.06. The summed E-state index contributed by atoms with van der Waals surface area (Å²) < 4.78 is 0. The van der Waals surface area contributed by atoms with Crippen molar-refractivity contribution in [1.82, 2.24) is 10.3 Å². The van der Waals surface area contributed by atoms with Crippen LogP contribution in [-0.2, 0) is 6.54 Å². The monoisotopic (exact) mass is 180 g/mol. The second-order valence-electron chi connectivity index (χ2n) is 3.09. The van der Waals surface area contributed by atoms with Crippen molar-refractivity contribution in [2.75, 3.05) is 6.54 Å². The van der Waals surface area contributed by atoms with E-state index in [0.29, 0.717) is 0 Å². The highest BCUT2D eigenvalue weighted by Crippen LogP contribution is 1.92. The second-order valence-corrected chi connectivity index (χ2v) is 3.09. The van der Waals surface area contributed by atoms with Crippen molar-refractivity contribution >= 4 is 0 Å². The van der Waals surface area contributed by atoms with Crippen LogP contribution >= 0.6 is 0 Å². The summed E-state index contributed by atoms with van der Waals surface area (Å²) in [5, 5.41) is 3.28. The van der Waals surface area contributed by atoms with Crippen LogP contribution in [0.4, 0.5) is 0 Å². The largest absolute Gasteiger partial charge is 0.329 e. The van der Waals surface area contributed by atoms with Crippen molar-refractivity contribution < 1.29 is 0 Å². The molecule has 0 aliphatic rings. The average Bonchev–Trinajstić information content (AvgIpc) is 2.13. The summed E-state index contributed by atoms with van der Waals surface area (Å²) in [6.45, 7) is 3.96. The van der Waals surface area contributed by atoms with Gasteiger partial charge in [-0.15, -0.1) is 0 Å². The molecule has 0 aliphatic heterocycles. The van der Waals surface area contributed by atoms with Gasteiger partial charge in [-0.05, 0) is 24.6 Å². The number of hydrogen-bond acceptors (Lipinski definition) is 2. The third-order valence-electron chi connectivity index (χ3n) is 1.88. The molecule has 1 heterocycles. The summed E-state index contributed by atoms with van der Waals surface area (Å²) in [7, 11) is 0. The van der Waals surface area contributed by atoms with E-state index in [1.165, 1.54) is 12.8 Å². The van der Waals surface area contributed by atoms with Gasteiger partial charge in [0.2, 0.25) is 5.56 Å². The normalized spacial score (nSPS) is 10.2. The van der Waals surface area contributed by atoms with E-state index in [4.69, 9.17) is 0 Å². The van der Waals surface area contributed by atoms with E-state index >= 15 is 0 Å². The van der Waals surface area contributed by atoms with Gasteiger partial charge in [-0.3, -0.25) is 4.79 Å². The summed E-state index contributed by atoms with van der Waals surface area (Å²) in [6, 6.07) is 3.54. The molecular weight excluding hydrogens is 164 g/mol. The number of aromatic amines is 1. The van der Waals surface area contributed by atoms with Gasteiger partial charge in [0.15, 0.2) is 0 Å². The Bertz CT molecular complexity index is 293. The van der Waals surface area contributed by atoms with Crippen LogP contribution in [-0.4, -0.2) is 11.5 Å². The first-order valence-corrected chi connectivity index (χ1v) is 4.71. The zero-order chi connectivity index (χ0) is 9.52. The lowest BCUT2D eigenvalue weighted by Crippen LogP contribution is -2.16. The third-order valence-corrected chi connectivity index (χ3v) is 1.88. The Morgan fingerprint density at radius 2 is 2.38 bits per heavy atom. The van der Waals surface area contributed by atoms with E-state index in [9.17, 15) is 4.79 Å². The fraction of sp³-hybridized carbons (Fsp3) is 0.500. The molecule has 1 aromatic heterocycles. The van der Waals surface area contributed by atoms with Crippen LogP contribution in [0, 0.1) is 0 Å². The van der Waals surface area contributed by atoms with Crippen LogP contribution in [0.15, 0.2) is 23.1 Å². The van der Waals surface area contributed by atoms with Crippen LogP contribution in [0.2, 0.25) is 0 Å². The Balaban J connectivity index is 2.33. The lowest BCUT2D eigenvalue weighted by Gasteiger charge is -2.02. The number of H-pyrrole nitrogens is 1. The molecule has 1 aromatic rings. The van der Waals surface area contributed by atoms with Crippen LogP contribution in [0.25, 0.3) is 0 Å². The molecule has 72 valence electrons. The highest BCUT2D eigenvalue weighted by molar-refractivity contribution is 5.09. The van der Waals surface area contributed by atoms with E-state index in [1.54, 1.807) is 12.3 Å². The van der Waals surface area contributed by atoms with E-state index in [0.717, 1.165) is 18.7 Å². The first-order valence-electron chi connectivity index (χ1n) is 4.71. The predicted molar refractivity (Wildman–Crippen MR) is 53.7 cm³/mol. The maximum absolute atomic E-state index is 10.9. The topological polar surface area (TPSA) is 44.9 Å². The van der Waals surface area contributed by atoms with Crippen molar-refractivity contribution in [3.63, 3.8) is 0 Å². The average molecular weight is 180 g/mol. The quantitative estimate of drug-likeness (QED) is 0.670. The number of aromatic nitrogens is 1. The van der Waals surface area contributed by atoms with E-state index in [1.807, 2.05) is 6.07 Å². The summed E-state index contributed by atoms with van der Waals surface area (Å²) in [5.41, 5.74) is 1.01. The molecule has 3 nitrogen and oxygen atoms in total. The molecule has 0 amide bonds. The summed E-state index contributed by atoms with van der Waals surface area (Å²) >= 11 is 0. The SMILES string of the molecule is CCCCNCc1cc[nH]c(=O)c1. The summed E-state index contributed by atoms with van der Waals surface area (Å²) in [4.78, 5) is 13.5. The Morgan fingerprint density at radius 3 is 3.08 bits per heavy atom. The minimum atomic E-state index is -0.0326. The lowest BCUT2D eigenvalue weighted by atomic mass is 10.2. The number of rotatable bonds is 5. The van der Waals surface area contributed by atoms with Gasteiger partial charge in [0.1, 0.15) is 0 Å². The highest BCUT2D eigenvalue weighted by Gasteiger charge is 1.91. The molecule has 2 N–H and O–H groups in total. The molecule has 0 bridgehead atoms. The fourth-order valence-corrected chi connectivity index (χ4v) is 1.13. The van der Waals surface area contributed by atoms with Crippen LogP contribution in [0.3, 0.4) is 0 Å². The van der Waals surface area contributed by atoms with Gasteiger partial charge in [-0.2, -0.15) is 0 Å². The molecule has 0 unspecified atom stereocenters. The van der Waals surface area contributed by atoms with Gasteiger partial charge in [-0.25, -0.2) is 0 Å². The number of pyridine rings is 1. The minimum absolute atomic E-state index is 0.0326. The summed E-state index contributed by atoms with van der Waals surface area (Å²) in [5.74, 6) is 0. The molecule has 3 heteroatoms. The molecule has 0 fully saturated rings. The Hall–Kier alpha value is -1.09. The van der Waals surface area contributed by atoms with Crippen molar-refractivity contribution in [3.05, 3.63) is 34.2 Å². The molecule has 0 saturated carbocycles. The van der Waals surface area contributed by atoms with Gasteiger partial charge >= 0.3 is 0 Å². The Morgan fingerprint density at radius 1 is 1.54 bits per heavy atom. The van der Waals surface area contributed by atoms with Crippen LogP contribution < -0.4 is 10.9 Å². The van der Waals surface area contributed by atoms with Crippen molar-refractivity contribution in [2.24, 2.45) is 0 Å². The van der Waals surface area contributed by atoms with E-state index in [-0.39, 0.29) is 5.56 Å². The van der Waals surface area contributed by atoms with Gasteiger partial charge < -0.3 is 10.3 Å². The smallest absolute Gasteiger partial charge is 0.248 e. The minimum Gasteiger partial charge on any atom is -0.329 e. The maximum Gasteiger partial charge on any atom is 0.248 e. The first kappa shape index (κ1) is 9.99. The van der Waals surface area contributed by atoms with E-state index < -0.39 is 0 Å². The van der Waals surface area contributed by atoms with Crippen LogP contribution in [0.1, 0.15) is 25.3 Å². The zero-order valence-electron chi connectivity index (χ0n) is 7.97. The fourth-order valence-electron chi connectivity index (χ4n) is 1.13. The number of nitrogens with one attached hydrogen (secondary N) is 2. The highest BCUT2D eigenvalue weighted by atomic mass is 16.1. The van der Waals surface area contributed by atoms with Crippen LogP contribution in [0.5, 0.6) is 0 Å². The molecule has 0 aromatic carbocycles. The standard InChI is InChI=1S/C10H16N2O/c1-2-3-5-11-8-9-4-6-12-10(13)7-9/h4,6-7,11H,2-3,5,8H2,1H3,(H,12,13). The van der Waals surface area contributed by atoms with Gasteiger partial charge in [0.05, 0.1) is 0 Å². The van der Waals surface area contributed by atoms with E-state index in [2.05, 4.69) is 17.2 Å². The maximum atomic E-state index is 10.9. The molecule has 0 saturated heterocycles. The third kappa shape index (κ3) is 3.90. The molecule has 0 atom stereocenters. The van der Waals surface area contributed by atoms with Crippen molar-refractivity contribution in [2.45, 2.75) is 26.3 Å². The Kier molecular flexibility index (Phi) is 4.26. The molecule has 1 rings (SSSR count). The second kappa shape index (κ2) is 5.54. The van der Waals surface area contributed by atoms with Gasteiger partial charge in [-0.1, -0.05) is 13.3 Å². The molecule has 0 radical (unpaired) electrons. The molecule has 13 heavy (non-hydrogen) atoms. The van der Waals surface area contributed by atoms with Crippen molar-refractivity contribution in [1.29, 1.82) is 0 Å². The van der Waals surface area contributed by atoms with Gasteiger partial charge in [0, 0.05) is 18.8 Å². The molecular formula is C10H16N2O. The number of unbranched alkanes of at least 4 members (excludes halogenated alkanes) is 1.